The number of carbonyl (C=O) groups is 2. The second-order valence-electron chi connectivity index (χ2n) is 8.00. The molecule has 2 aromatic carbocycles. The fourth-order valence-electron chi connectivity index (χ4n) is 3.99. The number of amides is 3. The standard InChI is InChI=1S/C24H26ClN5O2/c1-16-9-10-18(13-21(16)25)26-24(32)29-12-11-23-20(14-29)22(27-28(23)3)15-30(17(2)31)19-7-5-4-6-8-19/h4-10,13H,11-12,14-15H2,1-3H3,(H,26,32). The SMILES string of the molecule is CC(=O)N(Cc1nn(C)c2c1CN(C(=O)Nc1ccc(C)c(Cl)c1)CC2)c1ccccc1. The number of halogens is 1. The molecule has 166 valence electrons. The van der Waals surface area contributed by atoms with Crippen molar-refractivity contribution in [3.63, 3.8) is 0 Å². The highest BCUT2D eigenvalue weighted by molar-refractivity contribution is 6.31. The van der Waals surface area contributed by atoms with Crippen LogP contribution in [0.4, 0.5) is 16.2 Å². The Balaban J connectivity index is 1.54. The number of nitrogens with zero attached hydrogens (tertiary/aromatic N) is 4. The molecule has 3 aromatic rings. The molecule has 2 heterocycles. The molecule has 1 aromatic heterocycles. The lowest BCUT2D eigenvalue weighted by Crippen LogP contribution is -2.39. The highest BCUT2D eigenvalue weighted by Gasteiger charge is 2.28. The molecular weight excluding hydrogens is 426 g/mol. The first-order valence-electron chi connectivity index (χ1n) is 10.5. The van der Waals surface area contributed by atoms with Crippen LogP contribution in [0.2, 0.25) is 5.02 Å². The van der Waals surface area contributed by atoms with Crippen molar-refractivity contribution in [2.24, 2.45) is 7.05 Å². The number of benzene rings is 2. The number of fused-ring (bicyclic) bond motifs is 1. The summed E-state index contributed by atoms with van der Waals surface area (Å²) in [5.74, 6) is -0.0581. The quantitative estimate of drug-likeness (QED) is 0.633. The predicted molar refractivity (Wildman–Crippen MR) is 126 cm³/mol. The maximum Gasteiger partial charge on any atom is 0.322 e. The third-order valence-electron chi connectivity index (χ3n) is 5.79. The van der Waals surface area contributed by atoms with E-state index in [1.54, 1.807) is 22.8 Å². The number of aryl methyl sites for hydroxylation is 2. The van der Waals surface area contributed by atoms with Crippen molar-refractivity contribution in [3.8, 4) is 0 Å². The topological polar surface area (TPSA) is 70.5 Å². The van der Waals surface area contributed by atoms with Gasteiger partial charge in [-0.1, -0.05) is 35.9 Å². The van der Waals surface area contributed by atoms with E-state index >= 15 is 0 Å². The maximum absolute atomic E-state index is 12.9. The molecule has 3 amide bonds. The zero-order valence-electron chi connectivity index (χ0n) is 18.4. The first kappa shape index (κ1) is 21.9. The van der Waals surface area contributed by atoms with Crippen LogP contribution >= 0.6 is 11.6 Å². The van der Waals surface area contributed by atoms with Crippen LogP contribution in [0.3, 0.4) is 0 Å². The molecule has 0 atom stereocenters. The third-order valence-corrected chi connectivity index (χ3v) is 6.20. The minimum absolute atomic E-state index is 0.0581. The number of hydrogen-bond donors (Lipinski definition) is 1. The minimum atomic E-state index is -0.183. The molecule has 32 heavy (non-hydrogen) atoms. The molecule has 1 aliphatic rings. The Kier molecular flexibility index (Phi) is 6.19. The monoisotopic (exact) mass is 451 g/mol. The Morgan fingerprint density at radius 2 is 1.94 bits per heavy atom. The van der Waals surface area contributed by atoms with Gasteiger partial charge in [-0.2, -0.15) is 5.10 Å². The van der Waals surface area contributed by atoms with E-state index in [2.05, 4.69) is 10.4 Å². The fraction of sp³-hybridized carbons (Fsp3) is 0.292. The molecule has 0 saturated heterocycles. The van der Waals surface area contributed by atoms with Gasteiger partial charge in [-0.15, -0.1) is 0 Å². The molecule has 1 N–H and O–H groups in total. The van der Waals surface area contributed by atoms with E-state index in [-0.39, 0.29) is 11.9 Å². The molecule has 0 bridgehead atoms. The molecular formula is C24H26ClN5O2. The first-order valence-corrected chi connectivity index (χ1v) is 10.9. The highest BCUT2D eigenvalue weighted by Crippen LogP contribution is 2.26. The molecule has 4 rings (SSSR count). The summed E-state index contributed by atoms with van der Waals surface area (Å²) >= 11 is 6.19. The summed E-state index contributed by atoms with van der Waals surface area (Å²) in [6, 6.07) is 14.8. The normalized spacial score (nSPS) is 12.9. The molecule has 1 aliphatic heterocycles. The van der Waals surface area contributed by atoms with Gasteiger partial charge in [0.15, 0.2) is 0 Å². The smallest absolute Gasteiger partial charge is 0.320 e. The van der Waals surface area contributed by atoms with Crippen LogP contribution in [0.1, 0.15) is 29.4 Å². The average Bonchev–Trinajstić information content (AvgIpc) is 3.09. The number of nitrogens with one attached hydrogen (secondary N) is 1. The van der Waals surface area contributed by atoms with Gasteiger partial charge >= 0.3 is 6.03 Å². The lowest BCUT2D eigenvalue weighted by atomic mass is 10.0. The fourth-order valence-corrected chi connectivity index (χ4v) is 4.17. The second kappa shape index (κ2) is 9.04. The van der Waals surface area contributed by atoms with Crippen LogP contribution in [0.5, 0.6) is 0 Å². The van der Waals surface area contributed by atoms with E-state index in [0.717, 1.165) is 28.2 Å². The van der Waals surface area contributed by atoms with Gasteiger partial charge in [-0.25, -0.2) is 4.79 Å². The van der Waals surface area contributed by atoms with Crippen LogP contribution in [0.15, 0.2) is 48.5 Å². The summed E-state index contributed by atoms with van der Waals surface area (Å²) in [7, 11) is 1.91. The zero-order valence-corrected chi connectivity index (χ0v) is 19.2. The number of aromatic nitrogens is 2. The van der Waals surface area contributed by atoms with Gasteiger partial charge in [0.05, 0.1) is 18.8 Å². The van der Waals surface area contributed by atoms with Crippen LogP contribution in [0.25, 0.3) is 0 Å². The molecule has 0 unspecified atom stereocenters. The van der Waals surface area contributed by atoms with Crippen molar-refractivity contribution in [1.82, 2.24) is 14.7 Å². The van der Waals surface area contributed by atoms with Crippen molar-refractivity contribution in [3.05, 3.63) is 76.1 Å². The van der Waals surface area contributed by atoms with E-state index in [9.17, 15) is 9.59 Å². The number of anilines is 2. The van der Waals surface area contributed by atoms with Crippen LogP contribution in [-0.4, -0.2) is 33.2 Å². The summed E-state index contributed by atoms with van der Waals surface area (Å²) < 4.78 is 1.86. The molecule has 0 spiro atoms. The minimum Gasteiger partial charge on any atom is -0.320 e. The number of hydrogen-bond acceptors (Lipinski definition) is 3. The van der Waals surface area contributed by atoms with Gasteiger partial charge in [0.2, 0.25) is 5.91 Å². The van der Waals surface area contributed by atoms with Crippen molar-refractivity contribution < 1.29 is 9.59 Å². The molecule has 0 radical (unpaired) electrons. The van der Waals surface area contributed by atoms with Gasteiger partial charge in [0.25, 0.3) is 0 Å². The van der Waals surface area contributed by atoms with Crippen molar-refractivity contribution in [1.29, 1.82) is 0 Å². The van der Waals surface area contributed by atoms with E-state index in [4.69, 9.17) is 11.6 Å². The summed E-state index contributed by atoms with van der Waals surface area (Å²) in [5, 5.41) is 8.23. The predicted octanol–water partition coefficient (Wildman–Crippen LogP) is 4.53. The Morgan fingerprint density at radius 1 is 1.19 bits per heavy atom. The number of rotatable bonds is 4. The Labute approximate surface area is 192 Å². The zero-order chi connectivity index (χ0) is 22.8. The van der Waals surface area contributed by atoms with Gasteiger partial charge in [0, 0.05) is 54.6 Å². The molecule has 0 fully saturated rings. The number of carbonyl (C=O) groups excluding carboxylic acids is 2. The van der Waals surface area contributed by atoms with E-state index in [0.29, 0.717) is 36.8 Å². The molecule has 0 saturated carbocycles. The maximum atomic E-state index is 12.9. The summed E-state index contributed by atoms with van der Waals surface area (Å²) in [6.07, 6.45) is 0.701. The lowest BCUT2D eigenvalue weighted by Gasteiger charge is -2.28. The Hall–Kier alpha value is -3.32. The number of urea groups is 1. The molecule has 0 aliphatic carbocycles. The second-order valence-corrected chi connectivity index (χ2v) is 8.41. The molecule has 7 nitrogen and oxygen atoms in total. The third kappa shape index (κ3) is 4.48. The summed E-state index contributed by atoms with van der Waals surface area (Å²) in [6.45, 7) is 4.85. The van der Waals surface area contributed by atoms with Crippen molar-refractivity contribution >= 4 is 34.9 Å². The Bertz CT molecular complexity index is 1160. The highest BCUT2D eigenvalue weighted by atomic mass is 35.5. The first-order chi connectivity index (χ1) is 15.3. The van der Waals surface area contributed by atoms with Crippen molar-refractivity contribution in [2.45, 2.75) is 33.4 Å². The van der Waals surface area contributed by atoms with Gasteiger partial charge in [-0.3, -0.25) is 9.48 Å². The van der Waals surface area contributed by atoms with E-state index in [1.165, 1.54) is 0 Å². The summed E-state index contributed by atoms with van der Waals surface area (Å²) in [4.78, 5) is 28.8. The van der Waals surface area contributed by atoms with Crippen LogP contribution in [-0.2, 0) is 31.4 Å². The van der Waals surface area contributed by atoms with Gasteiger partial charge < -0.3 is 15.1 Å². The average molecular weight is 452 g/mol. The summed E-state index contributed by atoms with van der Waals surface area (Å²) in [5.41, 5.74) is 5.34. The Morgan fingerprint density at radius 3 is 2.62 bits per heavy atom. The van der Waals surface area contributed by atoms with Crippen LogP contribution < -0.4 is 10.2 Å². The van der Waals surface area contributed by atoms with E-state index < -0.39 is 0 Å². The van der Waals surface area contributed by atoms with Gasteiger partial charge in [0.1, 0.15) is 0 Å². The largest absolute Gasteiger partial charge is 0.322 e. The van der Waals surface area contributed by atoms with Crippen molar-refractivity contribution in [2.75, 3.05) is 16.8 Å². The molecule has 8 heteroatoms. The van der Waals surface area contributed by atoms with Crippen LogP contribution in [0, 0.1) is 6.92 Å². The lowest BCUT2D eigenvalue weighted by molar-refractivity contribution is -0.116. The van der Waals surface area contributed by atoms with Gasteiger partial charge in [-0.05, 0) is 36.8 Å². The number of para-hydroxylation sites is 1. The van der Waals surface area contributed by atoms with E-state index in [1.807, 2.05) is 61.1 Å².